The van der Waals surface area contributed by atoms with Crippen LogP contribution in [0.2, 0.25) is 0 Å². The first-order chi connectivity index (χ1) is 4.86. The largest absolute Gasteiger partial charge is 0.426 e. The van der Waals surface area contributed by atoms with Gasteiger partial charge in [0.05, 0.1) is 6.42 Å². The molecule has 2 heteroatoms. The number of rotatable bonds is 0. The van der Waals surface area contributed by atoms with Gasteiger partial charge in [-0.2, -0.15) is 0 Å². The molecule has 0 saturated heterocycles. The number of carbonyl (C=O) groups is 1. The van der Waals surface area contributed by atoms with Crippen molar-refractivity contribution in [3.05, 3.63) is 23.5 Å². The second-order valence-electron chi connectivity index (χ2n) is 2.56. The van der Waals surface area contributed by atoms with E-state index in [1.54, 1.807) is 0 Å². The molecule has 0 fully saturated rings. The molecule has 2 nitrogen and oxygen atoms in total. The molecule has 1 aliphatic heterocycles. The predicted molar refractivity (Wildman–Crippen MR) is 36.1 cm³/mol. The lowest BCUT2D eigenvalue weighted by Crippen LogP contribution is -1.91. The molecule has 0 atom stereocenters. The van der Waals surface area contributed by atoms with E-state index < -0.39 is 0 Å². The number of carbonyl (C=O) groups excluding carboxylic acids is 1. The average molecular weight is 136 g/mol. The maximum atomic E-state index is 10.7. The lowest BCUT2D eigenvalue weighted by Gasteiger charge is -2.02. The minimum absolute atomic E-state index is 0.100. The molecule has 0 aromatic rings. The van der Waals surface area contributed by atoms with Crippen LogP contribution in [-0.2, 0) is 9.53 Å². The smallest absolute Gasteiger partial charge is 0.315 e. The van der Waals surface area contributed by atoms with Gasteiger partial charge in [-0.3, -0.25) is 4.79 Å². The van der Waals surface area contributed by atoms with Crippen molar-refractivity contribution in [2.75, 3.05) is 0 Å². The summed E-state index contributed by atoms with van der Waals surface area (Å²) in [4.78, 5) is 10.7. The Kier molecular flexibility index (Phi) is 1.13. The lowest BCUT2D eigenvalue weighted by atomic mass is 10.0. The van der Waals surface area contributed by atoms with Gasteiger partial charge in [-0.1, -0.05) is 6.08 Å². The van der Waals surface area contributed by atoms with Crippen molar-refractivity contribution in [2.24, 2.45) is 0 Å². The molecular formula is C8H8O2. The Morgan fingerprint density at radius 1 is 1.50 bits per heavy atom. The highest BCUT2D eigenvalue weighted by molar-refractivity contribution is 5.77. The predicted octanol–water partition coefficient (Wildman–Crippen LogP) is 1.54. The van der Waals surface area contributed by atoms with Crippen LogP contribution in [0, 0.1) is 0 Å². The molecule has 0 aromatic carbocycles. The van der Waals surface area contributed by atoms with Gasteiger partial charge in [0, 0.05) is 0 Å². The maximum Gasteiger partial charge on any atom is 0.315 e. The van der Waals surface area contributed by atoms with E-state index in [4.69, 9.17) is 4.74 Å². The fourth-order valence-corrected chi connectivity index (χ4v) is 1.30. The van der Waals surface area contributed by atoms with Crippen LogP contribution < -0.4 is 0 Å². The molecule has 10 heavy (non-hydrogen) atoms. The molecule has 0 amide bonds. The van der Waals surface area contributed by atoms with Gasteiger partial charge >= 0.3 is 5.97 Å². The number of allylic oxidation sites excluding steroid dienone is 2. The van der Waals surface area contributed by atoms with Gasteiger partial charge in [0.1, 0.15) is 5.76 Å². The van der Waals surface area contributed by atoms with Crippen molar-refractivity contribution in [3.8, 4) is 0 Å². The van der Waals surface area contributed by atoms with Crippen LogP contribution in [-0.4, -0.2) is 5.97 Å². The van der Waals surface area contributed by atoms with Crippen LogP contribution in [0.15, 0.2) is 23.5 Å². The van der Waals surface area contributed by atoms with Crippen LogP contribution in [0.3, 0.4) is 0 Å². The zero-order valence-corrected chi connectivity index (χ0v) is 5.59. The molecule has 52 valence electrons. The Balaban J connectivity index is 2.29. The highest BCUT2D eigenvalue weighted by Crippen LogP contribution is 2.28. The van der Waals surface area contributed by atoms with Crippen molar-refractivity contribution in [1.29, 1.82) is 0 Å². The third kappa shape index (κ3) is 0.764. The standard InChI is InChI=1S/C8H8O2/c9-8-5-6-3-1-2-4-7(6)10-8/h2,4H,1,3,5H2. The van der Waals surface area contributed by atoms with Crippen molar-refractivity contribution >= 4 is 5.97 Å². The van der Waals surface area contributed by atoms with Gasteiger partial charge in [0.25, 0.3) is 0 Å². The molecule has 0 N–H and O–H groups in total. The molecule has 2 rings (SSSR count). The van der Waals surface area contributed by atoms with Crippen molar-refractivity contribution < 1.29 is 9.53 Å². The quantitative estimate of drug-likeness (QED) is 0.472. The third-order valence-corrected chi connectivity index (χ3v) is 1.81. The monoisotopic (exact) mass is 136 g/mol. The van der Waals surface area contributed by atoms with E-state index in [9.17, 15) is 4.79 Å². The van der Waals surface area contributed by atoms with E-state index in [-0.39, 0.29) is 5.97 Å². The van der Waals surface area contributed by atoms with Crippen LogP contribution in [0.1, 0.15) is 19.3 Å². The van der Waals surface area contributed by atoms with Gasteiger partial charge in [-0.25, -0.2) is 0 Å². The fourth-order valence-electron chi connectivity index (χ4n) is 1.30. The zero-order chi connectivity index (χ0) is 6.97. The summed E-state index contributed by atoms with van der Waals surface area (Å²) in [5.74, 6) is 0.702. The lowest BCUT2D eigenvalue weighted by molar-refractivity contribution is -0.136. The first-order valence-electron chi connectivity index (χ1n) is 3.45. The second-order valence-corrected chi connectivity index (χ2v) is 2.56. The number of hydrogen-bond acceptors (Lipinski definition) is 2. The van der Waals surface area contributed by atoms with Gasteiger partial charge in [-0.05, 0) is 24.5 Å². The van der Waals surface area contributed by atoms with Crippen LogP contribution in [0.5, 0.6) is 0 Å². The summed E-state index contributed by atoms with van der Waals surface area (Å²) in [5.41, 5.74) is 1.17. The summed E-state index contributed by atoms with van der Waals surface area (Å²) in [7, 11) is 0. The van der Waals surface area contributed by atoms with Crippen molar-refractivity contribution in [3.63, 3.8) is 0 Å². The van der Waals surface area contributed by atoms with E-state index in [1.165, 1.54) is 5.57 Å². The summed E-state index contributed by atoms with van der Waals surface area (Å²) >= 11 is 0. The van der Waals surface area contributed by atoms with E-state index in [0.29, 0.717) is 6.42 Å². The molecule has 2 aliphatic rings. The summed E-state index contributed by atoms with van der Waals surface area (Å²) in [6, 6.07) is 0. The summed E-state index contributed by atoms with van der Waals surface area (Å²) in [5, 5.41) is 0. The Bertz CT molecular complexity index is 236. The van der Waals surface area contributed by atoms with Gasteiger partial charge in [0.2, 0.25) is 0 Å². The topological polar surface area (TPSA) is 26.3 Å². The maximum absolute atomic E-state index is 10.7. The van der Waals surface area contributed by atoms with E-state index in [0.717, 1.165) is 18.6 Å². The van der Waals surface area contributed by atoms with E-state index >= 15 is 0 Å². The Morgan fingerprint density at radius 3 is 3.20 bits per heavy atom. The van der Waals surface area contributed by atoms with E-state index in [1.807, 2.05) is 12.2 Å². The normalized spacial score (nSPS) is 23.0. The highest BCUT2D eigenvalue weighted by Gasteiger charge is 2.22. The molecule has 0 saturated carbocycles. The molecule has 1 aliphatic carbocycles. The molecule has 0 aromatic heterocycles. The minimum atomic E-state index is -0.100. The SMILES string of the molecule is O=C1CC2=C(C=CCC2)O1. The third-order valence-electron chi connectivity index (χ3n) is 1.81. The zero-order valence-electron chi connectivity index (χ0n) is 5.59. The molecule has 0 unspecified atom stereocenters. The Labute approximate surface area is 59.2 Å². The van der Waals surface area contributed by atoms with Crippen LogP contribution in [0.4, 0.5) is 0 Å². The number of hydrogen-bond donors (Lipinski definition) is 0. The number of ether oxygens (including phenoxy) is 1. The molecule has 0 bridgehead atoms. The van der Waals surface area contributed by atoms with Crippen molar-refractivity contribution in [2.45, 2.75) is 19.3 Å². The average Bonchev–Trinajstić information content (AvgIpc) is 2.27. The first-order valence-corrected chi connectivity index (χ1v) is 3.45. The first kappa shape index (κ1) is 5.71. The van der Waals surface area contributed by atoms with Crippen LogP contribution >= 0.6 is 0 Å². The van der Waals surface area contributed by atoms with Gasteiger partial charge < -0.3 is 4.74 Å². The Morgan fingerprint density at radius 2 is 2.40 bits per heavy atom. The molecule has 0 radical (unpaired) electrons. The van der Waals surface area contributed by atoms with E-state index in [2.05, 4.69) is 0 Å². The van der Waals surface area contributed by atoms with Gasteiger partial charge in [0.15, 0.2) is 0 Å². The Hall–Kier alpha value is -1.05. The summed E-state index contributed by atoms with van der Waals surface area (Å²) in [6.45, 7) is 0. The summed E-state index contributed by atoms with van der Waals surface area (Å²) < 4.78 is 4.92. The molecular weight excluding hydrogens is 128 g/mol. The van der Waals surface area contributed by atoms with Crippen molar-refractivity contribution in [1.82, 2.24) is 0 Å². The fraction of sp³-hybridized carbons (Fsp3) is 0.375. The second kappa shape index (κ2) is 1.97. The van der Waals surface area contributed by atoms with Gasteiger partial charge in [-0.15, -0.1) is 0 Å². The minimum Gasteiger partial charge on any atom is -0.426 e. The molecule has 0 spiro atoms. The highest BCUT2D eigenvalue weighted by atomic mass is 16.5. The molecule has 1 heterocycles. The number of esters is 1. The summed E-state index contributed by atoms with van der Waals surface area (Å²) in [6.07, 6.45) is 6.49. The van der Waals surface area contributed by atoms with Crippen LogP contribution in [0.25, 0.3) is 0 Å².